The quantitative estimate of drug-likeness (QED) is 0.575. The van der Waals surface area contributed by atoms with E-state index in [0.29, 0.717) is 6.10 Å². The second kappa shape index (κ2) is 9.11. The van der Waals surface area contributed by atoms with Gasteiger partial charge >= 0.3 is 0 Å². The van der Waals surface area contributed by atoms with Crippen molar-refractivity contribution >= 4 is 16.8 Å². The van der Waals surface area contributed by atoms with Crippen molar-refractivity contribution in [3.05, 3.63) is 36.1 Å². The summed E-state index contributed by atoms with van der Waals surface area (Å²) in [6, 6.07) is 0. The van der Waals surface area contributed by atoms with E-state index in [1.54, 1.807) is 11.8 Å². The second-order valence-corrected chi connectivity index (χ2v) is 6.29. The van der Waals surface area contributed by atoms with E-state index in [1.807, 2.05) is 0 Å². The molecule has 1 saturated heterocycles. The summed E-state index contributed by atoms with van der Waals surface area (Å²) in [5, 5.41) is 4.53. The number of thioether (sulfide) groups is 1. The average Bonchev–Trinajstić information content (AvgIpc) is 3.03. The van der Waals surface area contributed by atoms with E-state index in [2.05, 4.69) is 42.0 Å². The van der Waals surface area contributed by atoms with Gasteiger partial charge in [0.15, 0.2) is 0 Å². The predicted octanol–water partition coefficient (Wildman–Crippen LogP) is 3.70. The van der Waals surface area contributed by atoms with E-state index >= 15 is 0 Å². The lowest BCUT2D eigenvalue weighted by atomic mass is 10.1. The zero-order chi connectivity index (χ0) is 14.9. The number of nitrogens with one attached hydrogen (secondary N) is 1. The smallest absolute Gasteiger partial charge is 0.0977 e. The molecule has 2 rings (SSSR count). The summed E-state index contributed by atoms with van der Waals surface area (Å²) in [5.74, 6) is 0.858. The molecule has 1 fully saturated rings. The first-order chi connectivity index (χ1) is 10.3. The number of nitrogens with zero attached hydrogens (tertiary/aromatic N) is 1. The van der Waals surface area contributed by atoms with Crippen LogP contribution in [0, 0.1) is 0 Å². The maximum atomic E-state index is 5.61. The summed E-state index contributed by atoms with van der Waals surface area (Å²) in [5.41, 5.74) is 2.32. The normalized spacial score (nSPS) is 22.2. The first-order valence-corrected chi connectivity index (χ1v) is 8.85. The first kappa shape index (κ1) is 16.4. The Morgan fingerprint density at radius 2 is 2.43 bits per heavy atom. The van der Waals surface area contributed by atoms with Crippen molar-refractivity contribution in [2.24, 2.45) is 4.99 Å². The number of hydrogen-bond donors (Lipinski definition) is 1. The maximum Gasteiger partial charge on any atom is 0.0977 e. The van der Waals surface area contributed by atoms with Crippen LogP contribution in [0.1, 0.15) is 32.6 Å². The van der Waals surface area contributed by atoms with Gasteiger partial charge in [-0.25, -0.2) is 0 Å². The lowest BCUT2D eigenvalue weighted by Gasteiger charge is -2.15. The zero-order valence-electron chi connectivity index (χ0n) is 12.9. The lowest BCUT2D eigenvalue weighted by Crippen LogP contribution is -2.26. The maximum absolute atomic E-state index is 5.61. The topological polar surface area (TPSA) is 33.6 Å². The molecule has 0 aromatic carbocycles. The van der Waals surface area contributed by atoms with E-state index in [4.69, 9.17) is 4.74 Å². The molecule has 1 aliphatic carbocycles. The van der Waals surface area contributed by atoms with Crippen LogP contribution in [-0.4, -0.2) is 36.6 Å². The van der Waals surface area contributed by atoms with Crippen molar-refractivity contribution < 1.29 is 4.74 Å². The number of aliphatic imine (C=N–C) groups is 1. The van der Waals surface area contributed by atoms with Crippen molar-refractivity contribution in [1.29, 1.82) is 0 Å². The third-order valence-corrected chi connectivity index (χ3v) is 4.66. The highest BCUT2D eigenvalue weighted by molar-refractivity contribution is 8.14. The molecule has 1 aliphatic heterocycles. The predicted molar refractivity (Wildman–Crippen MR) is 93.0 cm³/mol. The van der Waals surface area contributed by atoms with Crippen molar-refractivity contribution in [2.75, 3.05) is 25.4 Å². The highest BCUT2D eigenvalue weighted by Crippen LogP contribution is 2.20. The first-order valence-electron chi connectivity index (χ1n) is 7.87. The average molecular weight is 306 g/mol. The van der Waals surface area contributed by atoms with Gasteiger partial charge in [-0.3, -0.25) is 4.99 Å². The molecular formula is C17H26N2OS. The number of ether oxygens (including phenoxy) is 1. The van der Waals surface area contributed by atoms with Crippen LogP contribution in [0.5, 0.6) is 0 Å². The molecule has 21 heavy (non-hydrogen) atoms. The van der Waals surface area contributed by atoms with E-state index < -0.39 is 0 Å². The molecule has 2 aliphatic rings. The van der Waals surface area contributed by atoms with Gasteiger partial charge in [0.25, 0.3) is 0 Å². The van der Waals surface area contributed by atoms with E-state index in [-0.39, 0.29) is 0 Å². The molecule has 0 spiro atoms. The molecule has 4 heteroatoms. The van der Waals surface area contributed by atoms with Gasteiger partial charge in [-0.05, 0) is 32.6 Å². The summed E-state index contributed by atoms with van der Waals surface area (Å²) < 4.78 is 5.61. The van der Waals surface area contributed by atoms with Crippen LogP contribution in [0.4, 0.5) is 0 Å². The van der Waals surface area contributed by atoms with Crippen LogP contribution < -0.4 is 5.32 Å². The highest BCUT2D eigenvalue weighted by atomic mass is 32.2. The Balaban J connectivity index is 1.75. The minimum atomic E-state index is 0.361. The van der Waals surface area contributed by atoms with Crippen molar-refractivity contribution in [3.8, 4) is 0 Å². The van der Waals surface area contributed by atoms with Gasteiger partial charge in [0.2, 0.25) is 0 Å². The molecular weight excluding hydrogens is 280 g/mol. The van der Waals surface area contributed by atoms with E-state index in [9.17, 15) is 0 Å². The van der Waals surface area contributed by atoms with Gasteiger partial charge in [0, 0.05) is 36.7 Å². The summed E-state index contributed by atoms with van der Waals surface area (Å²) >= 11 is 1.77. The molecule has 1 N–H and O–H groups in total. The number of allylic oxidation sites excluding steroid dienone is 3. The molecule has 1 heterocycles. The van der Waals surface area contributed by atoms with Gasteiger partial charge in [0.05, 0.1) is 11.1 Å². The molecule has 0 radical (unpaired) electrons. The van der Waals surface area contributed by atoms with E-state index in [0.717, 1.165) is 55.5 Å². The fraction of sp³-hybridized carbons (Fsp3) is 0.588. The Hall–Kier alpha value is -1.00. The summed E-state index contributed by atoms with van der Waals surface area (Å²) in [7, 11) is 0. The monoisotopic (exact) mass is 306 g/mol. The second-order valence-electron chi connectivity index (χ2n) is 5.33. The van der Waals surface area contributed by atoms with Crippen molar-refractivity contribution in [1.82, 2.24) is 5.32 Å². The molecule has 3 nitrogen and oxygen atoms in total. The van der Waals surface area contributed by atoms with Gasteiger partial charge in [0.1, 0.15) is 0 Å². The van der Waals surface area contributed by atoms with Gasteiger partial charge in [-0.1, -0.05) is 24.8 Å². The molecule has 0 amide bonds. The summed E-state index contributed by atoms with van der Waals surface area (Å²) in [4.78, 5) is 4.62. The van der Waals surface area contributed by atoms with Crippen LogP contribution >= 0.6 is 11.8 Å². The molecule has 0 saturated carbocycles. The Labute approximate surface area is 132 Å². The fourth-order valence-electron chi connectivity index (χ4n) is 2.41. The Bertz CT molecular complexity index is 434. The zero-order valence-corrected chi connectivity index (χ0v) is 13.8. The minimum Gasteiger partial charge on any atom is -0.386 e. The third kappa shape index (κ3) is 5.71. The molecule has 0 aromatic heterocycles. The lowest BCUT2D eigenvalue weighted by molar-refractivity contribution is 0.112. The van der Waals surface area contributed by atoms with Crippen molar-refractivity contribution in [2.45, 2.75) is 38.7 Å². The summed E-state index contributed by atoms with van der Waals surface area (Å²) in [6.45, 7) is 8.80. The van der Waals surface area contributed by atoms with Crippen LogP contribution in [0.3, 0.4) is 0 Å². The van der Waals surface area contributed by atoms with Gasteiger partial charge < -0.3 is 10.1 Å². The SMILES string of the molecule is C=C(CS/C(=N\CC)C1=CCCC=C1)NCC1CCCO1. The summed E-state index contributed by atoms with van der Waals surface area (Å²) in [6.07, 6.45) is 11.7. The van der Waals surface area contributed by atoms with Gasteiger partial charge in [-0.2, -0.15) is 0 Å². The molecule has 0 bridgehead atoms. The largest absolute Gasteiger partial charge is 0.386 e. The molecule has 116 valence electrons. The Morgan fingerprint density at radius 1 is 1.52 bits per heavy atom. The Kier molecular flexibility index (Phi) is 7.10. The van der Waals surface area contributed by atoms with Crippen LogP contribution in [0.15, 0.2) is 41.1 Å². The van der Waals surface area contributed by atoms with Crippen LogP contribution in [0.25, 0.3) is 0 Å². The van der Waals surface area contributed by atoms with Gasteiger partial charge in [-0.15, -0.1) is 11.8 Å². The third-order valence-electron chi connectivity index (χ3n) is 3.53. The van der Waals surface area contributed by atoms with Crippen LogP contribution in [0.2, 0.25) is 0 Å². The number of rotatable bonds is 7. The Morgan fingerprint density at radius 3 is 3.10 bits per heavy atom. The highest BCUT2D eigenvalue weighted by Gasteiger charge is 2.15. The molecule has 1 atom stereocenters. The van der Waals surface area contributed by atoms with E-state index in [1.165, 1.54) is 12.0 Å². The molecule has 0 aromatic rings. The van der Waals surface area contributed by atoms with Crippen LogP contribution in [-0.2, 0) is 4.74 Å². The standard InChI is InChI=1S/C17H26N2OS/c1-3-18-17(15-8-5-4-6-9-15)21-13-14(2)19-12-16-10-7-11-20-16/h5,8-9,16,19H,2-4,6-7,10-13H2,1H3/b18-17-. The molecule has 1 unspecified atom stereocenters. The fourth-order valence-corrected chi connectivity index (χ4v) is 3.36. The van der Waals surface area contributed by atoms with Crippen molar-refractivity contribution in [3.63, 3.8) is 0 Å². The number of hydrogen-bond acceptors (Lipinski definition) is 4. The minimum absolute atomic E-state index is 0.361.